The SMILES string of the molecule is CCCN(CCc1ccco1)C1CCCc2c(O)cccc21. The van der Waals surface area contributed by atoms with Gasteiger partial charge in [-0.05, 0) is 61.6 Å². The molecule has 0 radical (unpaired) electrons. The molecule has 1 aliphatic carbocycles. The standard InChI is InChI=1S/C19H25NO2/c1-2-12-20(13-11-15-6-5-14-22-15)18-9-3-8-17-16(18)7-4-10-19(17)21/h4-7,10,14,18,21H,2-3,8-9,11-13H2,1H3. The smallest absolute Gasteiger partial charge is 0.119 e. The molecule has 2 aromatic rings. The third-order valence-corrected chi connectivity index (χ3v) is 4.63. The third-order valence-electron chi connectivity index (χ3n) is 4.63. The molecule has 1 aromatic carbocycles. The molecule has 0 amide bonds. The van der Waals surface area contributed by atoms with Gasteiger partial charge in [0.05, 0.1) is 6.26 Å². The van der Waals surface area contributed by atoms with Crippen LogP contribution < -0.4 is 0 Å². The lowest BCUT2D eigenvalue weighted by atomic mass is 9.86. The van der Waals surface area contributed by atoms with Gasteiger partial charge in [-0.2, -0.15) is 0 Å². The number of hydrogen-bond acceptors (Lipinski definition) is 3. The number of phenolic OH excluding ortho intramolecular Hbond substituents is 1. The van der Waals surface area contributed by atoms with Crippen molar-refractivity contribution in [1.82, 2.24) is 4.90 Å². The fraction of sp³-hybridized carbons (Fsp3) is 0.474. The van der Waals surface area contributed by atoms with Crippen LogP contribution in [0.15, 0.2) is 41.0 Å². The summed E-state index contributed by atoms with van der Waals surface area (Å²) >= 11 is 0. The Morgan fingerprint density at radius 1 is 1.23 bits per heavy atom. The second-order valence-corrected chi connectivity index (χ2v) is 6.12. The Morgan fingerprint density at radius 2 is 2.14 bits per heavy atom. The summed E-state index contributed by atoms with van der Waals surface area (Å²) in [5.41, 5.74) is 2.47. The molecule has 0 aliphatic heterocycles. The van der Waals surface area contributed by atoms with Crippen LogP contribution in [0.2, 0.25) is 0 Å². The monoisotopic (exact) mass is 299 g/mol. The Balaban J connectivity index is 1.78. The summed E-state index contributed by atoms with van der Waals surface area (Å²) < 4.78 is 5.47. The zero-order valence-corrected chi connectivity index (χ0v) is 13.3. The topological polar surface area (TPSA) is 36.6 Å². The Hall–Kier alpha value is -1.74. The number of benzene rings is 1. The fourth-order valence-electron chi connectivity index (χ4n) is 3.60. The molecule has 1 aromatic heterocycles. The second kappa shape index (κ2) is 7.01. The van der Waals surface area contributed by atoms with Gasteiger partial charge in [0.25, 0.3) is 0 Å². The minimum absolute atomic E-state index is 0.422. The van der Waals surface area contributed by atoms with E-state index in [0.29, 0.717) is 11.8 Å². The molecule has 1 unspecified atom stereocenters. The van der Waals surface area contributed by atoms with E-state index in [4.69, 9.17) is 4.42 Å². The van der Waals surface area contributed by atoms with Crippen LogP contribution in [0.3, 0.4) is 0 Å². The van der Waals surface area contributed by atoms with Crippen molar-refractivity contribution in [2.45, 2.75) is 45.1 Å². The molecule has 3 rings (SSSR count). The van der Waals surface area contributed by atoms with E-state index in [1.165, 1.54) is 12.0 Å². The van der Waals surface area contributed by atoms with E-state index in [1.807, 2.05) is 24.3 Å². The van der Waals surface area contributed by atoms with Crippen molar-refractivity contribution in [3.8, 4) is 5.75 Å². The van der Waals surface area contributed by atoms with Crippen LogP contribution in [0.1, 0.15) is 49.1 Å². The lowest BCUT2D eigenvalue weighted by Crippen LogP contribution is -2.33. The average Bonchev–Trinajstić information content (AvgIpc) is 3.05. The van der Waals surface area contributed by atoms with Gasteiger partial charge in [-0.15, -0.1) is 0 Å². The summed E-state index contributed by atoms with van der Waals surface area (Å²) in [5.74, 6) is 1.51. The predicted molar refractivity (Wildman–Crippen MR) is 88.1 cm³/mol. The third kappa shape index (κ3) is 3.20. The minimum atomic E-state index is 0.422. The van der Waals surface area contributed by atoms with E-state index >= 15 is 0 Å². The normalized spacial score (nSPS) is 17.6. The lowest BCUT2D eigenvalue weighted by molar-refractivity contribution is 0.177. The van der Waals surface area contributed by atoms with Crippen molar-refractivity contribution in [1.29, 1.82) is 0 Å². The van der Waals surface area contributed by atoms with Gasteiger partial charge in [0.2, 0.25) is 0 Å². The van der Waals surface area contributed by atoms with Gasteiger partial charge in [0.1, 0.15) is 11.5 Å². The van der Waals surface area contributed by atoms with Crippen molar-refractivity contribution in [2.75, 3.05) is 13.1 Å². The first-order valence-electron chi connectivity index (χ1n) is 8.36. The van der Waals surface area contributed by atoms with Gasteiger partial charge < -0.3 is 9.52 Å². The zero-order chi connectivity index (χ0) is 15.4. The maximum atomic E-state index is 10.1. The zero-order valence-electron chi connectivity index (χ0n) is 13.3. The summed E-state index contributed by atoms with van der Waals surface area (Å²) in [6, 6.07) is 10.4. The Kier molecular flexibility index (Phi) is 4.84. The molecule has 22 heavy (non-hydrogen) atoms. The predicted octanol–water partition coefficient (Wildman–Crippen LogP) is 4.32. The number of nitrogens with zero attached hydrogens (tertiary/aromatic N) is 1. The number of phenols is 1. The highest BCUT2D eigenvalue weighted by atomic mass is 16.3. The summed E-state index contributed by atoms with van der Waals surface area (Å²) in [4.78, 5) is 2.56. The summed E-state index contributed by atoms with van der Waals surface area (Å²) in [5, 5.41) is 10.1. The van der Waals surface area contributed by atoms with E-state index in [1.54, 1.807) is 6.26 Å². The van der Waals surface area contributed by atoms with Crippen molar-refractivity contribution in [3.63, 3.8) is 0 Å². The second-order valence-electron chi connectivity index (χ2n) is 6.12. The van der Waals surface area contributed by atoms with E-state index in [0.717, 1.165) is 50.1 Å². The van der Waals surface area contributed by atoms with Crippen LogP contribution in [0.5, 0.6) is 5.75 Å². The van der Waals surface area contributed by atoms with Crippen LogP contribution in [0.25, 0.3) is 0 Å². The molecule has 3 nitrogen and oxygen atoms in total. The maximum Gasteiger partial charge on any atom is 0.119 e. The highest BCUT2D eigenvalue weighted by Gasteiger charge is 2.26. The van der Waals surface area contributed by atoms with Gasteiger partial charge in [-0.1, -0.05) is 19.1 Å². The summed E-state index contributed by atoms with van der Waals surface area (Å²) in [6.07, 6.45) is 7.15. The highest BCUT2D eigenvalue weighted by molar-refractivity contribution is 5.42. The highest BCUT2D eigenvalue weighted by Crippen LogP contribution is 2.38. The molecular formula is C19H25NO2. The van der Waals surface area contributed by atoms with E-state index in [-0.39, 0.29) is 0 Å². The van der Waals surface area contributed by atoms with Crippen LogP contribution in [0, 0.1) is 0 Å². The summed E-state index contributed by atoms with van der Waals surface area (Å²) in [7, 11) is 0. The number of furan rings is 1. The van der Waals surface area contributed by atoms with Crippen molar-refractivity contribution in [3.05, 3.63) is 53.5 Å². The molecule has 1 N–H and O–H groups in total. The number of rotatable bonds is 6. The molecular weight excluding hydrogens is 274 g/mol. The molecule has 0 fully saturated rings. The van der Waals surface area contributed by atoms with Crippen LogP contribution >= 0.6 is 0 Å². The van der Waals surface area contributed by atoms with Gasteiger partial charge in [-0.3, -0.25) is 4.90 Å². The maximum absolute atomic E-state index is 10.1. The van der Waals surface area contributed by atoms with Gasteiger partial charge in [0, 0.05) is 19.0 Å². The van der Waals surface area contributed by atoms with E-state index in [2.05, 4.69) is 17.9 Å². The quantitative estimate of drug-likeness (QED) is 0.863. The van der Waals surface area contributed by atoms with Crippen LogP contribution in [-0.4, -0.2) is 23.1 Å². The van der Waals surface area contributed by atoms with Crippen LogP contribution in [-0.2, 0) is 12.8 Å². The molecule has 1 atom stereocenters. The first-order chi connectivity index (χ1) is 10.8. The molecule has 118 valence electrons. The first-order valence-corrected chi connectivity index (χ1v) is 8.36. The lowest BCUT2D eigenvalue weighted by Gasteiger charge is -2.36. The van der Waals surface area contributed by atoms with Gasteiger partial charge in [-0.25, -0.2) is 0 Å². The van der Waals surface area contributed by atoms with E-state index < -0.39 is 0 Å². The summed E-state index contributed by atoms with van der Waals surface area (Å²) in [6.45, 7) is 4.31. The fourth-order valence-corrected chi connectivity index (χ4v) is 3.60. The van der Waals surface area contributed by atoms with Gasteiger partial charge in [0.15, 0.2) is 0 Å². The van der Waals surface area contributed by atoms with Gasteiger partial charge >= 0.3 is 0 Å². The van der Waals surface area contributed by atoms with E-state index in [9.17, 15) is 5.11 Å². The molecule has 3 heteroatoms. The molecule has 0 saturated carbocycles. The Labute approximate surface area is 132 Å². The van der Waals surface area contributed by atoms with Crippen molar-refractivity contribution in [2.24, 2.45) is 0 Å². The Morgan fingerprint density at radius 3 is 2.91 bits per heavy atom. The molecule has 0 bridgehead atoms. The molecule has 1 aliphatic rings. The molecule has 0 spiro atoms. The number of hydrogen-bond donors (Lipinski definition) is 1. The Bertz CT molecular complexity index is 591. The molecule has 1 heterocycles. The van der Waals surface area contributed by atoms with Crippen molar-refractivity contribution < 1.29 is 9.52 Å². The molecule has 0 saturated heterocycles. The number of fused-ring (bicyclic) bond motifs is 1. The van der Waals surface area contributed by atoms with Crippen molar-refractivity contribution >= 4 is 0 Å². The number of aromatic hydroxyl groups is 1. The largest absolute Gasteiger partial charge is 0.508 e. The first kappa shape index (κ1) is 15.2. The minimum Gasteiger partial charge on any atom is -0.508 e. The van der Waals surface area contributed by atoms with Crippen LogP contribution in [0.4, 0.5) is 0 Å². The average molecular weight is 299 g/mol.